The van der Waals surface area contributed by atoms with Gasteiger partial charge in [-0.2, -0.15) is 10.1 Å². The lowest BCUT2D eigenvalue weighted by Gasteiger charge is -2.55. The van der Waals surface area contributed by atoms with Gasteiger partial charge >= 0.3 is 0 Å². The molecule has 0 saturated carbocycles. The zero-order valence-corrected chi connectivity index (χ0v) is 25.3. The molecule has 0 bridgehead atoms. The summed E-state index contributed by atoms with van der Waals surface area (Å²) in [5.41, 5.74) is 0.188. The number of hydrogen-bond donors (Lipinski definition) is 1. The molecule has 0 atom stereocenters. The number of hydroxylamine groups is 4. The van der Waals surface area contributed by atoms with Gasteiger partial charge in [-0.05, 0) is 127 Å². The molecule has 0 amide bonds. The Hall–Kier alpha value is -0.240. The van der Waals surface area contributed by atoms with Crippen LogP contribution in [0.1, 0.15) is 121 Å². The van der Waals surface area contributed by atoms with Crippen LogP contribution in [-0.4, -0.2) is 82.6 Å². The quantitative estimate of drug-likeness (QED) is 0.315. The fraction of sp³-hybridized carbons (Fsp3) is 1.00. The van der Waals surface area contributed by atoms with Crippen LogP contribution < -0.4 is 5.32 Å². The van der Waals surface area contributed by atoms with Crippen LogP contribution in [0.2, 0.25) is 0 Å². The summed E-state index contributed by atoms with van der Waals surface area (Å²) in [5.74, 6) is 0. The van der Waals surface area contributed by atoms with Crippen LogP contribution in [0.25, 0.3) is 0 Å². The summed E-state index contributed by atoms with van der Waals surface area (Å²) < 4.78 is 0. The Morgan fingerprint density at radius 1 is 0.714 bits per heavy atom. The van der Waals surface area contributed by atoms with Crippen LogP contribution in [0.15, 0.2) is 0 Å². The standard InChI is InChI=1S/C29H60N4O2/c1-12-18-34-32-26(3,4)20-24(21-27(32,5)6)30-16-14-15-17-31(11)25-22-28(7,8)33(35-19-13-2)29(9,10)23-25/h24-25,30H,12-23H2,1-11H3. The van der Waals surface area contributed by atoms with Crippen molar-refractivity contribution in [2.45, 2.75) is 155 Å². The smallest absolute Gasteiger partial charge is 0.0683 e. The van der Waals surface area contributed by atoms with E-state index >= 15 is 0 Å². The monoisotopic (exact) mass is 496 g/mol. The fourth-order valence-corrected chi connectivity index (χ4v) is 6.97. The second-order valence-corrected chi connectivity index (χ2v) is 13.8. The van der Waals surface area contributed by atoms with E-state index in [-0.39, 0.29) is 22.2 Å². The third-order valence-electron chi connectivity index (χ3n) is 8.00. The maximum absolute atomic E-state index is 6.21. The van der Waals surface area contributed by atoms with E-state index in [1.54, 1.807) is 0 Å². The highest BCUT2D eigenvalue weighted by Crippen LogP contribution is 2.41. The van der Waals surface area contributed by atoms with Crippen LogP contribution in [-0.2, 0) is 9.68 Å². The van der Waals surface area contributed by atoms with Crippen LogP contribution in [0.4, 0.5) is 0 Å². The molecule has 0 aromatic rings. The minimum atomic E-state index is 0.0458. The van der Waals surface area contributed by atoms with Gasteiger partial charge in [-0.25, -0.2) is 0 Å². The van der Waals surface area contributed by atoms with E-state index in [4.69, 9.17) is 9.68 Å². The lowest BCUT2D eigenvalue weighted by Crippen LogP contribution is -2.63. The van der Waals surface area contributed by atoms with Crippen LogP contribution >= 0.6 is 0 Å². The highest BCUT2D eigenvalue weighted by atomic mass is 16.7. The Labute approximate surface area is 218 Å². The lowest BCUT2D eigenvalue weighted by atomic mass is 9.78. The molecule has 2 heterocycles. The maximum Gasteiger partial charge on any atom is 0.0683 e. The molecular weight excluding hydrogens is 436 g/mol. The van der Waals surface area contributed by atoms with Crippen LogP contribution in [0.5, 0.6) is 0 Å². The number of unbranched alkanes of at least 4 members (excludes halogenated alkanes) is 1. The topological polar surface area (TPSA) is 40.2 Å². The second kappa shape index (κ2) is 12.5. The fourth-order valence-electron chi connectivity index (χ4n) is 6.97. The number of hydrogen-bond acceptors (Lipinski definition) is 6. The molecule has 6 nitrogen and oxygen atoms in total. The first-order chi connectivity index (χ1) is 16.2. The minimum Gasteiger partial charge on any atom is -0.314 e. The van der Waals surface area contributed by atoms with Crippen molar-refractivity contribution in [3.63, 3.8) is 0 Å². The lowest BCUT2D eigenvalue weighted by molar-refractivity contribution is -0.287. The van der Waals surface area contributed by atoms with Gasteiger partial charge in [-0.3, -0.25) is 9.68 Å². The normalized spacial score (nSPS) is 25.4. The maximum atomic E-state index is 6.21. The molecule has 0 unspecified atom stereocenters. The average Bonchev–Trinajstić information content (AvgIpc) is 2.70. The van der Waals surface area contributed by atoms with Gasteiger partial charge < -0.3 is 10.2 Å². The number of rotatable bonds is 13. The third-order valence-corrected chi connectivity index (χ3v) is 8.00. The summed E-state index contributed by atoms with van der Waals surface area (Å²) in [6.07, 6.45) is 9.13. The SMILES string of the molecule is CCCON1C(C)(C)CC(NCCCCN(C)C2CC(C)(C)N(OCCC)C(C)(C)C2)CC1(C)C. The van der Waals surface area contributed by atoms with Crippen LogP contribution in [0.3, 0.4) is 0 Å². The molecule has 0 radical (unpaired) electrons. The second-order valence-electron chi connectivity index (χ2n) is 13.8. The molecule has 2 fully saturated rings. The van der Waals surface area contributed by atoms with E-state index in [0.717, 1.165) is 64.8 Å². The molecule has 2 rings (SSSR count). The van der Waals surface area contributed by atoms with Crippen molar-refractivity contribution in [1.29, 1.82) is 0 Å². The minimum absolute atomic E-state index is 0.0458. The molecule has 35 heavy (non-hydrogen) atoms. The predicted octanol–water partition coefficient (Wildman–Crippen LogP) is 6.01. The van der Waals surface area contributed by atoms with Gasteiger partial charge in [-0.15, -0.1) is 0 Å². The molecular formula is C29H60N4O2. The van der Waals surface area contributed by atoms with Crippen molar-refractivity contribution in [3.05, 3.63) is 0 Å². The van der Waals surface area contributed by atoms with Gasteiger partial charge in [-0.1, -0.05) is 13.8 Å². The van der Waals surface area contributed by atoms with Gasteiger partial charge in [0.2, 0.25) is 0 Å². The first-order valence-electron chi connectivity index (χ1n) is 14.5. The van der Waals surface area contributed by atoms with Crippen molar-refractivity contribution in [1.82, 2.24) is 20.3 Å². The first kappa shape index (κ1) is 31.0. The Morgan fingerprint density at radius 2 is 1.14 bits per heavy atom. The van der Waals surface area contributed by atoms with Gasteiger partial charge in [0, 0.05) is 34.2 Å². The van der Waals surface area contributed by atoms with E-state index in [1.165, 1.54) is 12.8 Å². The largest absolute Gasteiger partial charge is 0.314 e. The van der Waals surface area contributed by atoms with E-state index in [2.05, 4.69) is 96.6 Å². The number of nitrogens with one attached hydrogen (secondary N) is 1. The molecule has 2 aliphatic heterocycles. The molecule has 0 aliphatic carbocycles. The summed E-state index contributed by atoms with van der Waals surface area (Å²) in [4.78, 5) is 15.0. The van der Waals surface area contributed by atoms with Gasteiger partial charge in [0.1, 0.15) is 0 Å². The Bertz CT molecular complexity index is 598. The highest BCUT2D eigenvalue weighted by molar-refractivity contribution is 5.00. The molecule has 0 spiro atoms. The molecule has 208 valence electrons. The van der Waals surface area contributed by atoms with Crippen molar-refractivity contribution in [2.24, 2.45) is 0 Å². The summed E-state index contributed by atoms with van der Waals surface area (Å²) in [7, 11) is 2.32. The zero-order valence-electron chi connectivity index (χ0n) is 25.3. The zero-order chi connectivity index (χ0) is 26.5. The molecule has 2 saturated heterocycles. The predicted molar refractivity (Wildman–Crippen MR) is 148 cm³/mol. The van der Waals surface area contributed by atoms with Crippen molar-refractivity contribution in [2.75, 3.05) is 33.4 Å². The Balaban J connectivity index is 1.78. The van der Waals surface area contributed by atoms with Crippen molar-refractivity contribution < 1.29 is 9.68 Å². The Kier molecular flexibility index (Phi) is 11.1. The molecule has 6 heteroatoms. The summed E-state index contributed by atoms with van der Waals surface area (Å²) in [6, 6.07) is 1.15. The van der Waals surface area contributed by atoms with E-state index in [0.29, 0.717) is 12.1 Å². The highest BCUT2D eigenvalue weighted by Gasteiger charge is 2.48. The third kappa shape index (κ3) is 8.38. The average molecular weight is 497 g/mol. The van der Waals surface area contributed by atoms with E-state index < -0.39 is 0 Å². The van der Waals surface area contributed by atoms with Crippen molar-refractivity contribution in [3.8, 4) is 0 Å². The number of piperidine rings is 2. The first-order valence-corrected chi connectivity index (χ1v) is 14.5. The van der Waals surface area contributed by atoms with Gasteiger partial charge in [0.15, 0.2) is 0 Å². The molecule has 0 aromatic heterocycles. The number of nitrogens with zero attached hydrogens (tertiary/aromatic N) is 3. The molecule has 2 aliphatic rings. The van der Waals surface area contributed by atoms with E-state index in [9.17, 15) is 0 Å². The van der Waals surface area contributed by atoms with Crippen LogP contribution in [0, 0.1) is 0 Å². The molecule has 1 N–H and O–H groups in total. The summed E-state index contributed by atoms with van der Waals surface area (Å²) in [6.45, 7) is 26.9. The van der Waals surface area contributed by atoms with E-state index in [1.807, 2.05) is 0 Å². The van der Waals surface area contributed by atoms with Gasteiger partial charge in [0.25, 0.3) is 0 Å². The molecule has 0 aromatic carbocycles. The Morgan fingerprint density at radius 3 is 1.57 bits per heavy atom. The van der Waals surface area contributed by atoms with Crippen molar-refractivity contribution >= 4 is 0 Å². The van der Waals surface area contributed by atoms with Gasteiger partial charge in [0.05, 0.1) is 13.2 Å². The summed E-state index contributed by atoms with van der Waals surface area (Å²) in [5, 5.41) is 8.46. The summed E-state index contributed by atoms with van der Waals surface area (Å²) >= 11 is 0.